The number of carbonyl (C=O) groups is 4. The Kier molecular flexibility index (Phi) is 4.60. The van der Waals surface area contributed by atoms with Crippen molar-refractivity contribution in [2.24, 2.45) is 11.7 Å². The van der Waals surface area contributed by atoms with Crippen molar-refractivity contribution in [3.05, 3.63) is 0 Å². The van der Waals surface area contributed by atoms with Crippen LogP contribution >= 0.6 is 0 Å². The first-order chi connectivity index (χ1) is 10.7. The summed E-state index contributed by atoms with van der Waals surface area (Å²) in [6.07, 6.45) is -3.19. The van der Waals surface area contributed by atoms with Crippen molar-refractivity contribution < 1.29 is 38.1 Å². The second-order valence-corrected chi connectivity index (χ2v) is 5.70. The number of rotatable bonds is 5. The highest BCUT2D eigenvalue weighted by Crippen LogP contribution is 2.53. The van der Waals surface area contributed by atoms with Crippen molar-refractivity contribution in [2.45, 2.75) is 51.1 Å². The van der Waals surface area contributed by atoms with E-state index in [2.05, 4.69) is 0 Å². The average molecular weight is 329 g/mol. The molecule has 0 aromatic carbocycles. The second-order valence-electron chi connectivity index (χ2n) is 5.70. The molecule has 0 aromatic rings. The van der Waals surface area contributed by atoms with Crippen LogP contribution in [0, 0.1) is 5.92 Å². The molecule has 2 fully saturated rings. The summed E-state index contributed by atoms with van der Waals surface area (Å²) in [5.74, 6) is -3.17. The molecule has 0 aromatic heterocycles. The number of ether oxygens (including phenoxy) is 4. The van der Waals surface area contributed by atoms with Gasteiger partial charge in [-0.25, -0.2) is 0 Å². The van der Waals surface area contributed by atoms with Crippen LogP contribution in [0.1, 0.15) is 27.2 Å². The molecule has 0 bridgehead atoms. The van der Waals surface area contributed by atoms with E-state index in [1.54, 1.807) is 0 Å². The van der Waals surface area contributed by atoms with Crippen LogP contribution < -0.4 is 5.73 Å². The molecule has 2 aliphatic rings. The van der Waals surface area contributed by atoms with E-state index in [-0.39, 0.29) is 13.0 Å². The molecule has 1 spiro atoms. The van der Waals surface area contributed by atoms with Crippen molar-refractivity contribution >= 4 is 23.8 Å². The Hall–Kier alpha value is -2.16. The fraction of sp³-hybridized carbons (Fsp3) is 0.714. The number of epoxide rings is 1. The predicted octanol–water partition coefficient (Wildman–Crippen LogP) is -0.944. The third-order valence-corrected chi connectivity index (χ3v) is 3.92. The zero-order valence-corrected chi connectivity index (χ0v) is 13.1. The van der Waals surface area contributed by atoms with Gasteiger partial charge in [0.05, 0.1) is 6.61 Å². The van der Waals surface area contributed by atoms with Crippen molar-refractivity contribution in [2.75, 3.05) is 6.61 Å². The largest absolute Gasteiger partial charge is 0.458 e. The highest BCUT2D eigenvalue weighted by atomic mass is 16.7. The van der Waals surface area contributed by atoms with Gasteiger partial charge in [-0.15, -0.1) is 0 Å². The quantitative estimate of drug-likeness (QED) is 0.388. The first-order valence-electron chi connectivity index (χ1n) is 7.11. The molecule has 9 heteroatoms. The normalized spacial score (nSPS) is 34.7. The van der Waals surface area contributed by atoms with Gasteiger partial charge in [-0.3, -0.25) is 19.2 Å². The molecule has 1 saturated carbocycles. The van der Waals surface area contributed by atoms with Crippen molar-refractivity contribution in [3.63, 3.8) is 0 Å². The zero-order valence-electron chi connectivity index (χ0n) is 13.1. The van der Waals surface area contributed by atoms with Crippen LogP contribution in [0.2, 0.25) is 0 Å². The Labute approximate surface area is 132 Å². The van der Waals surface area contributed by atoms with Crippen molar-refractivity contribution in [1.82, 2.24) is 0 Å². The third kappa shape index (κ3) is 3.44. The van der Waals surface area contributed by atoms with Crippen LogP contribution in [-0.4, -0.2) is 54.3 Å². The number of primary amides is 1. The van der Waals surface area contributed by atoms with E-state index in [9.17, 15) is 19.2 Å². The lowest BCUT2D eigenvalue weighted by atomic mass is 9.90. The Morgan fingerprint density at radius 2 is 1.48 bits per heavy atom. The Balaban J connectivity index is 2.39. The van der Waals surface area contributed by atoms with E-state index in [0.717, 1.165) is 0 Å². The van der Waals surface area contributed by atoms with Gasteiger partial charge < -0.3 is 24.7 Å². The van der Waals surface area contributed by atoms with Gasteiger partial charge in [0.2, 0.25) is 5.91 Å². The topological polar surface area (TPSA) is 135 Å². The van der Waals surface area contributed by atoms with Gasteiger partial charge >= 0.3 is 17.9 Å². The second kappa shape index (κ2) is 6.15. The molecule has 128 valence electrons. The standard InChI is InChI=1S/C14H19NO8/c1-6(16)21-11-9(4-10(15)19)14(5-20-14)13(23-8(3)18)12(11)22-7(2)17/h9,11-13H,4-5H2,1-3H3,(H2,15,19)/t9-,11+,12-,13+,14+/m0/s1. The first kappa shape index (κ1) is 17.2. The summed E-state index contributed by atoms with van der Waals surface area (Å²) in [7, 11) is 0. The number of hydrogen-bond donors (Lipinski definition) is 1. The van der Waals surface area contributed by atoms with Crippen LogP contribution in [0.3, 0.4) is 0 Å². The average Bonchev–Trinajstić information content (AvgIpc) is 3.14. The van der Waals surface area contributed by atoms with Gasteiger partial charge in [0.1, 0.15) is 11.7 Å². The fourth-order valence-corrected chi connectivity index (χ4v) is 3.14. The van der Waals surface area contributed by atoms with Gasteiger partial charge in [-0.2, -0.15) is 0 Å². The Morgan fingerprint density at radius 3 is 1.87 bits per heavy atom. The molecule has 9 nitrogen and oxygen atoms in total. The maximum atomic E-state index is 11.4. The van der Waals surface area contributed by atoms with Gasteiger partial charge in [0.25, 0.3) is 0 Å². The number of carbonyl (C=O) groups excluding carboxylic acids is 4. The van der Waals surface area contributed by atoms with Crippen molar-refractivity contribution in [1.29, 1.82) is 0 Å². The number of hydrogen-bond acceptors (Lipinski definition) is 8. The van der Waals surface area contributed by atoms with E-state index in [0.29, 0.717) is 0 Å². The third-order valence-electron chi connectivity index (χ3n) is 3.92. The highest BCUT2D eigenvalue weighted by Gasteiger charge is 2.73. The number of esters is 3. The van der Waals surface area contributed by atoms with Gasteiger partial charge in [-0.05, 0) is 0 Å². The lowest BCUT2D eigenvalue weighted by Crippen LogP contribution is -2.42. The van der Waals surface area contributed by atoms with Crippen LogP contribution in [0.5, 0.6) is 0 Å². The molecular formula is C14H19NO8. The SMILES string of the molecule is CC(=O)O[C@H]1[C@H](OC(C)=O)[C@H](CC(N)=O)[C@]2(CO2)[C@@H]1OC(C)=O. The van der Waals surface area contributed by atoms with Crippen molar-refractivity contribution in [3.8, 4) is 0 Å². The van der Waals surface area contributed by atoms with Gasteiger partial charge in [0.15, 0.2) is 12.2 Å². The van der Waals surface area contributed by atoms with Gasteiger partial charge in [-0.1, -0.05) is 0 Å². The summed E-state index contributed by atoms with van der Waals surface area (Å²) >= 11 is 0. The Bertz CT molecular complexity index is 497. The highest BCUT2D eigenvalue weighted by molar-refractivity contribution is 5.75. The minimum atomic E-state index is -1.06. The summed E-state index contributed by atoms with van der Waals surface area (Å²) in [6, 6.07) is 0. The van der Waals surface area contributed by atoms with Crippen LogP contribution in [-0.2, 0) is 38.1 Å². The predicted molar refractivity (Wildman–Crippen MR) is 72.6 cm³/mol. The Morgan fingerprint density at radius 1 is 1.00 bits per heavy atom. The maximum absolute atomic E-state index is 11.4. The molecule has 1 amide bonds. The summed E-state index contributed by atoms with van der Waals surface area (Å²) in [5.41, 5.74) is 4.22. The minimum Gasteiger partial charge on any atom is -0.458 e. The summed E-state index contributed by atoms with van der Waals surface area (Å²) in [5, 5.41) is 0. The van der Waals surface area contributed by atoms with E-state index in [4.69, 9.17) is 24.7 Å². The zero-order chi connectivity index (χ0) is 17.4. The van der Waals surface area contributed by atoms with Crippen LogP contribution in [0.25, 0.3) is 0 Å². The number of amides is 1. The van der Waals surface area contributed by atoms with Crippen LogP contribution in [0.4, 0.5) is 0 Å². The lowest BCUT2D eigenvalue weighted by Gasteiger charge is -2.24. The molecular weight excluding hydrogens is 310 g/mol. The first-order valence-corrected chi connectivity index (χ1v) is 7.11. The molecule has 0 unspecified atom stereocenters. The summed E-state index contributed by atoms with van der Waals surface area (Å²) < 4.78 is 21.1. The molecule has 1 saturated heterocycles. The monoisotopic (exact) mass is 329 g/mol. The van der Waals surface area contributed by atoms with Crippen LogP contribution in [0.15, 0.2) is 0 Å². The molecule has 1 heterocycles. The molecule has 23 heavy (non-hydrogen) atoms. The molecule has 1 aliphatic heterocycles. The molecule has 2 rings (SSSR count). The molecule has 5 atom stereocenters. The smallest absolute Gasteiger partial charge is 0.303 e. The van der Waals surface area contributed by atoms with E-state index < -0.39 is 53.6 Å². The van der Waals surface area contributed by atoms with E-state index >= 15 is 0 Å². The minimum absolute atomic E-state index is 0.159. The maximum Gasteiger partial charge on any atom is 0.303 e. The fourth-order valence-electron chi connectivity index (χ4n) is 3.14. The van der Waals surface area contributed by atoms with Gasteiger partial charge in [0, 0.05) is 33.1 Å². The van der Waals surface area contributed by atoms with E-state index in [1.165, 1.54) is 20.8 Å². The molecule has 2 N–H and O–H groups in total. The number of nitrogens with two attached hydrogens (primary N) is 1. The lowest BCUT2D eigenvalue weighted by molar-refractivity contribution is -0.176. The van der Waals surface area contributed by atoms with E-state index in [1.807, 2.05) is 0 Å². The molecule has 0 radical (unpaired) electrons. The molecule has 1 aliphatic carbocycles. The summed E-state index contributed by atoms with van der Waals surface area (Å²) in [6.45, 7) is 3.74. The summed E-state index contributed by atoms with van der Waals surface area (Å²) in [4.78, 5) is 45.5.